The van der Waals surface area contributed by atoms with Crippen LogP contribution in [-0.4, -0.2) is 15.8 Å². The van der Waals surface area contributed by atoms with Crippen molar-refractivity contribution in [3.63, 3.8) is 0 Å². The zero-order valence-corrected chi connectivity index (χ0v) is 20.5. The summed E-state index contributed by atoms with van der Waals surface area (Å²) >= 11 is 7.40. The summed E-state index contributed by atoms with van der Waals surface area (Å²) < 4.78 is 6.29. The molecule has 180 valence electrons. The Balaban J connectivity index is 1.26. The Labute approximate surface area is 219 Å². The molecule has 1 amide bonds. The molecule has 4 aromatic carbocycles. The fourth-order valence-electron chi connectivity index (χ4n) is 4.12. The molecule has 0 bridgehead atoms. The molecule has 6 aromatic rings. The second kappa shape index (κ2) is 9.16. The van der Waals surface area contributed by atoms with Crippen LogP contribution in [0, 0.1) is 10.1 Å². The minimum Gasteiger partial charge on any atom is -0.436 e. The maximum absolute atomic E-state index is 13.0. The van der Waals surface area contributed by atoms with Crippen molar-refractivity contribution in [2.75, 3.05) is 5.32 Å². The van der Waals surface area contributed by atoms with Gasteiger partial charge in [-0.15, -0.1) is 11.3 Å². The molecule has 0 fully saturated rings. The molecule has 0 aliphatic heterocycles. The van der Waals surface area contributed by atoms with E-state index in [0.29, 0.717) is 32.8 Å². The lowest BCUT2D eigenvalue weighted by molar-refractivity contribution is -0.382. The van der Waals surface area contributed by atoms with Gasteiger partial charge in [0.25, 0.3) is 11.6 Å². The lowest BCUT2D eigenvalue weighted by atomic mass is 10.0. The number of hydrogen-bond donors (Lipinski definition) is 1. The lowest BCUT2D eigenvalue weighted by Crippen LogP contribution is -2.10. The molecule has 0 saturated carbocycles. The van der Waals surface area contributed by atoms with E-state index in [2.05, 4.69) is 22.4 Å². The Morgan fingerprint density at radius 3 is 2.41 bits per heavy atom. The molecule has 1 N–H and O–H groups in total. The van der Waals surface area contributed by atoms with Crippen molar-refractivity contribution in [2.45, 2.75) is 0 Å². The van der Waals surface area contributed by atoms with Gasteiger partial charge in [-0.2, -0.15) is 0 Å². The lowest BCUT2D eigenvalue weighted by Gasteiger charge is -2.03. The largest absolute Gasteiger partial charge is 0.436 e. The summed E-state index contributed by atoms with van der Waals surface area (Å²) in [5.41, 5.74) is 4.63. The van der Waals surface area contributed by atoms with Crippen LogP contribution < -0.4 is 5.32 Å². The SMILES string of the molecule is O=C(Nc1ccc2oc(-c3ccc(-c4ccccc4)cc3)nc2c1)c1sc2c([N+](=O)[O-])cccc2c1Cl. The molecule has 0 radical (unpaired) electrons. The number of nitro benzene ring substituents is 1. The Morgan fingerprint density at radius 1 is 0.919 bits per heavy atom. The maximum atomic E-state index is 13.0. The summed E-state index contributed by atoms with van der Waals surface area (Å²) in [6.45, 7) is 0. The van der Waals surface area contributed by atoms with E-state index in [9.17, 15) is 14.9 Å². The highest BCUT2D eigenvalue weighted by Crippen LogP contribution is 2.40. The van der Waals surface area contributed by atoms with E-state index in [-0.39, 0.29) is 15.6 Å². The van der Waals surface area contributed by atoms with E-state index in [1.54, 1.807) is 30.3 Å². The first-order chi connectivity index (χ1) is 18.0. The number of benzene rings is 4. The molecule has 6 rings (SSSR count). The summed E-state index contributed by atoms with van der Waals surface area (Å²) in [4.78, 5) is 28.7. The van der Waals surface area contributed by atoms with Crippen LogP contribution in [0.3, 0.4) is 0 Å². The van der Waals surface area contributed by atoms with Crippen LogP contribution in [0.5, 0.6) is 0 Å². The predicted octanol–water partition coefficient (Wildman–Crippen LogP) is 8.19. The molecule has 9 heteroatoms. The van der Waals surface area contributed by atoms with E-state index in [0.717, 1.165) is 28.0 Å². The molecular weight excluding hydrogens is 510 g/mol. The van der Waals surface area contributed by atoms with E-state index < -0.39 is 10.8 Å². The number of anilines is 1. The van der Waals surface area contributed by atoms with Crippen molar-refractivity contribution < 1.29 is 14.1 Å². The minimum absolute atomic E-state index is 0.0863. The number of carbonyl (C=O) groups excluding carboxylic acids is 1. The number of hydrogen-bond acceptors (Lipinski definition) is 6. The maximum Gasteiger partial charge on any atom is 0.287 e. The number of carbonyl (C=O) groups is 1. The van der Waals surface area contributed by atoms with Crippen LogP contribution in [0.1, 0.15) is 9.67 Å². The van der Waals surface area contributed by atoms with Gasteiger partial charge < -0.3 is 9.73 Å². The standard InChI is InChI=1S/C28H16ClN3O4S/c29-24-20-7-4-8-22(32(34)35)25(20)37-26(24)27(33)30-19-13-14-23-21(15-19)31-28(36-23)18-11-9-17(10-12-18)16-5-2-1-3-6-16/h1-15H,(H,30,33). The van der Waals surface area contributed by atoms with Crippen molar-refractivity contribution in [3.8, 4) is 22.6 Å². The number of halogens is 1. The smallest absolute Gasteiger partial charge is 0.287 e. The highest BCUT2D eigenvalue weighted by molar-refractivity contribution is 7.22. The van der Waals surface area contributed by atoms with Crippen LogP contribution in [0.4, 0.5) is 11.4 Å². The summed E-state index contributed by atoms with van der Waals surface area (Å²) in [5.74, 6) is 0.0121. The molecule has 0 saturated heterocycles. The average Bonchev–Trinajstić information content (AvgIpc) is 3.50. The number of amides is 1. The number of rotatable bonds is 5. The molecule has 0 spiro atoms. The first kappa shape index (κ1) is 22.9. The Hall–Kier alpha value is -4.53. The summed E-state index contributed by atoms with van der Waals surface area (Å²) in [6.07, 6.45) is 0. The van der Waals surface area contributed by atoms with Crippen molar-refractivity contribution in [1.29, 1.82) is 0 Å². The molecule has 0 aliphatic carbocycles. The van der Waals surface area contributed by atoms with Crippen LogP contribution in [0.25, 0.3) is 43.8 Å². The van der Waals surface area contributed by atoms with Crippen LogP contribution in [-0.2, 0) is 0 Å². The molecule has 2 aromatic heterocycles. The normalized spacial score (nSPS) is 11.2. The van der Waals surface area contributed by atoms with Crippen molar-refractivity contribution in [2.24, 2.45) is 0 Å². The number of nitrogens with one attached hydrogen (secondary N) is 1. The van der Waals surface area contributed by atoms with E-state index >= 15 is 0 Å². The average molecular weight is 526 g/mol. The predicted molar refractivity (Wildman–Crippen MR) is 146 cm³/mol. The third-order valence-corrected chi connectivity index (χ3v) is 7.65. The van der Waals surface area contributed by atoms with Gasteiger partial charge >= 0.3 is 0 Å². The summed E-state index contributed by atoms with van der Waals surface area (Å²) in [6, 6.07) is 27.8. The number of oxazole rings is 1. The van der Waals surface area contributed by atoms with Crippen molar-refractivity contribution >= 4 is 61.4 Å². The van der Waals surface area contributed by atoms with Crippen LogP contribution in [0.15, 0.2) is 95.4 Å². The van der Waals surface area contributed by atoms with Gasteiger partial charge in [0.1, 0.15) is 15.1 Å². The van der Waals surface area contributed by atoms with Gasteiger partial charge in [0.2, 0.25) is 5.89 Å². The van der Waals surface area contributed by atoms with E-state index in [4.69, 9.17) is 16.0 Å². The van der Waals surface area contributed by atoms with Crippen molar-refractivity contribution in [1.82, 2.24) is 4.98 Å². The minimum atomic E-state index is -0.484. The third-order valence-electron chi connectivity index (χ3n) is 5.92. The Bertz CT molecular complexity index is 1810. The molecule has 0 unspecified atom stereocenters. The van der Waals surface area contributed by atoms with Gasteiger partial charge in [0.05, 0.1) is 9.95 Å². The zero-order chi connectivity index (χ0) is 25.5. The Morgan fingerprint density at radius 2 is 1.65 bits per heavy atom. The number of aromatic nitrogens is 1. The van der Waals surface area contributed by atoms with Crippen LogP contribution >= 0.6 is 22.9 Å². The van der Waals surface area contributed by atoms with Crippen LogP contribution in [0.2, 0.25) is 5.02 Å². The number of non-ortho nitro benzene ring substituents is 1. The fraction of sp³-hybridized carbons (Fsp3) is 0. The molecule has 7 nitrogen and oxygen atoms in total. The number of fused-ring (bicyclic) bond motifs is 2. The van der Waals surface area contributed by atoms with Gasteiger partial charge in [-0.1, -0.05) is 66.2 Å². The molecule has 37 heavy (non-hydrogen) atoms. The second-order valence-electron chi connectivity index (χ2n) is 8.26. The molecular formula is C28H16ClN3O4S. The first-order valence-electron chi connectivity index (χ1n) is 11.2. The van der Waals surface area contributed by atoms with Gasteiger partial charge in [0, 0.05) is 22.7 Å². The number of nitro groups is 1. The monoisotopic (exact) mass is 525 g/mol. The zero-order valence-electron chi connectivity index (χ0n) is 19.0. The highest BCUT2D eigenvalue weighted by atomic mass is 35.5. The number of nitrogens with zero attached hydrogens (tertiary/aromatic N) is 2. The molecule has 0 atom stereocenters. The van der Waals surface area contributed by atoms with E-state index in [1.165, 1.54) is 6.07 Å². The summed E-state index contributed by atoms with van der Waals surface area (Å²) in [5, 5.41) is 14.8. The Kier molecular flexibility index (Phi) is 5.67. The molecule has 2 heterocycles. The highest BCUT2D eigenvalue weighted by Gasteiger charge is 2.23. The van der Waals surface area contributed by atoms with E-state index in [1.807, 2.05) is 42.5 Å². The quantitative estimate of drug-likeness (QED) is 0.181. The van der Waals surface area contributed by atoms with Gasteiger partial charge in [-0.25, -0.2) is 4.98 Å². The third kappa shape index (κ3) is 4.22. The van der Waals surface area contributed by atoms with Gasteiger partial charge in [-0.05, 0) is 41.5 Å². The van der Waals surface area contributed by atoms with Gasteiger partial charge in [0.15, 0.2) is 5.58 Å². The van der Waals surface area contributed by atoms with Crippen molar-refractivity contribution in [3.05, 3.63) is 111 Å². The second-order valence-corrected chi connectivity index (χ2v) is 9.65. The topological polar surface area (TPSA) is 98.3 Å². The van der Waals surface area contributed by atoms with Gasteiger partial charge in [-0.3, -0.25) is 14.9 Å². The fourth-order valence-corrected chi connectivity index (χ4v) is 5.61. The first-order valence-corrected chi connectivity index (χ1v) is 12.4. The number of thiophene rings is 1. The molecule has 0 aliphatic rings. The summed E-state index contributed by atoms with van der Waals surface area (Å²) in [7, 11) is 0.